The van der Waals surface area contributed by atoms with Gasteiger partial charge in [0.2, 0.25) is 0 Å². The molecule has 1 aromatic rings. The molecule has 0 aliphatic rings. The smallest absolute Gasteiger partial charge is 0.189 e. The van der Waals surface area contributed by atoms with Crippen molar-refractivity contribution in [1.82, 2.24) is 0 Å². The van der Waals surface area contributed by atoms with Crippen LogP contribution in [0.2, 0.25) is 0 Å². The van der Waals surface area contributed by atoms with E-state index in [1.807, 2.05) is 0 Å². The van der Waals surface area contributed by atoms with E-state index in [-0.39, 0.29) is 0 Å². The summed E-state index contributed by atoms with van der Waals surface area (Å²) in [5, 5.41) is 14.5. The van der Waals surface area contributed by atoms with Gasteiger partial charge in [0.1, 0.15) is 7.11 Å². The van der Waals surface area contributed by atoms with E-state index >= 15 is 0 Å². The van der Waals surface area contributed by atoms with Gasteiger partial charge in [-0.2, -0.15) is 4.73 Å². The lowest BCUT2D eigenvalue weighted by atomic mass is 10.2. The van der Waals surface area contributed by atoms with Gasteiger partial charge in [0.05, 0.1) is 11.3 Å². The van der Waals surface area contributed by atoms with Crippen LogP contribution < -0.4 is 4.73 Å². The number of rotatable bonds is 2. The molecule has 0 fully saturated rings. The highest BCUT2D eigenvalue weighted by molar-refractivity contribution is 5.97. The lowest BCUT2D eigenvalue weighted by Crippen LogP contribution is -2.25. The molecule has 1 rings (SSSR count). The zero-order chi connectivity index (χ0) is 8.97. The molecular formula is C8H10N2O2. The van der Waals surface area contributed by atoms with Crippen molar-refractivity contribution < 1.29 is 9.57 Å². The molecule has 0 unspecified atom stereocenters. The second-order valence-electron chi connectivity index (χ2n) is 2.31. The zero-order valence-electron chi connectivity index (χ0n) is 7.02. The Balaban J connectivity index is 2.95. The summed E-state index contributed by atoms with van der Waals surface area (Å²) < 4.78 is 0.726. The van der Waals surface area contributed by atoms with Crippen LogP contribution in [-0.4, -0.2) is 12.8 Å². The molecule has 12 heavy (non-hydrogen) atoms. The first-order valence-corrected chi connectivity index (χ1v) is 3.51. The molecule has 0 spiro atoms. The van der Waals surface area contributed by atoms with Crippen LogP contribution >= 0.6 is 0 Å². The molecule has 0 bridgehead atoms. The Labute approximate surface area is 70.7 Å². The van der Waals surface area contributed by atoms with Crippen molar-refractivity contribution in [1.29, 1.82) is 0 Å². The largest absolute Gasteiger partial charge is 0.619 e. The maximum absolute atomic E-state index is 10.8. The first kappa shape index (κ1) is 8.52. The first-order valence-electron chi connectivity index (χ1n) is 3.51. The molecule has 0 aliphatic heterocycles. The van der Waals surface area contributed by atoms with Crippen LogP contribution in [0.15, 0.2) is 29.7 Å². The fourth-order valence-corrected chi connectivity index (χ4v) is 0.858. The normalized spacial score (nSPS) is 11.3. The average Bonchev–Trinajstić information content (AvgIpc) is 2.05. The first-order chi connectivity index (χ1) is 5.74. The van der Waals surface area contributed by atoms with Crippen molar-refractivity contribution in [3.05, 3.63) is 35.3 Å². The van der Waals surface area contributed by atoms with Crippen LogP contribution in [0.25, 0.3) is 0 Å². The third-order valence-corrected chi connectivity index (χ3v) is 1.42. The highest BCUT2D eigenvalue weighted by Crippen LogP contribution is 1.96. The van der Waals surface area contributed by atoms with E-state index in [0.717, 1.165) is 10.3 Å². The van der Waals surface area contributed by atoms with Crippen molar-refractivity contribution >= 4 is 5.71 Å². The minimum Gasteiger partial charge on any atom is -0.619 e. The molecule has 0 aromatic carbocycles. The maximum atomic E-state index is 10.8. The van der Waals surface area contributed by atoms with Crippen molar-refractivity contribution in [2.24, 2.45) is 5.16 Å². The predicted octanol–water partition coefficient (Wildman–Crippen LogP) is 0.690. The van der Waals surface area contributed by atoms with Gasteiger partial charge in [0.25, 0.3) is 0 Å². The van der Waals surface area contributed by atoms with Crippen molar-refractivity contribution in [3.8, 4) is 0 Å². The molecule has 0 saturated carbocycles. The number of pyridine rings is 1. The minimum atomic E-state index is 0.683. The van der Waals surface area contributed by atoms with Gasteiger partial charge < -0.3 is 10.0 Å². The summed E-state index contributed by atoms with van der Waals surface area (Å²) in [5.41, 5.74) is 1.44. The summed E-state index contributed by atoms with van der Waals surface area (Å²) in [4.78, 5) is 4.57. The van der Waals surface area contributed by atoms with Gasteiger partial charge in [0.15, 0.2) is 12.4 Å². The van der Waals surface area contributed by atoms with Gasteiger partial charge in [-0.1, -0.05) is 5.16 Å². The molecule has 0 atom stereocenters. The van der Waals surface area contributed by atoms with E-state index in [4.69, 9.17) is 0 Å². The van der Waals surface area contributed by atoms with E-state index in [1.165, 1.54) is 19.5 Å². The van der Waals surface area contributed by atoms with E-state index in [0.29, 0.717) is 5.71 Å². The van der Waals surface area contributed by atoms with Crippen LogP contribution in [0.4, 0.5) is 0 Å². The predicted molar refractivity (Wildman–Crippen MR) is 44.6 cm³/mol. The van der Waals surface area contributed by atoms with Gasteiger partial charge in [0, 0.05) is 6.07 Å². The Kier molecular flexibility index (Phi) is 2.63. The molecule has 0 saturated heterocycles. The van der Waals surface area contributed by atoms with Crippen LogP contribution in [0.3, 0.4) is 0 Å². The molecule has 0 aliphatic carbocycles. The topological polar surface area (TPSA) is 48.5 Å². The molecule has 0 radical (unpaired) electrons. The fraction of sp³-hybridized carbons (Fsp3) is 0.250. The molecule has 4 heteroatoms. The second kappa shape index (κ2) is 3.71. The van der Waals surface area contributed by atoms with E-state index in [9.17, 15) is 5.21 Å². The third-order valence-electron chi connectivity index (χ3n) is 1.42. The maximum Gasteiger partial charge on any atom is 0.189 e. The van der Waals surface area contributed by atoms with E-state index in [2.05, 4.69) is 9.99 Å². The van der Waals surface area contributed by atoms with Gasteiger partial charge in [-0.25, -0.2) is 0 Å². The van der Waals surface area contributed by atoms with Gasteiger partial charge in [-0.05, 0) is 13.0 Å². The highest BCUT2D eigenvalue weighted by atomic mass is 16.6. The number of hydrogen-bond donors (Lipinski definition) is 0. The average molecular weight is 166 g/mol. The van der Waals surface area contributed by atoms with E-state index < -0.39 is 0 Å². The lowest BCUT2D eigenvalue weighted by Gasteiger charge is -1.99. The second-order valence-corrected chi connectivity index (χ2v) is 2.31. The molecule has 0 N–H and O–H groups in total. The number of oxime groups is 1. The summed E-state index contributed by atoms with van der Waals surface area (Å²) in [6.07, 6.45) is 2.86. The standard InChI is InChI=1S/C8H10N2O2/c1-7(9-12-2)8-4-3-5-10(11)6-8/h3-6H,1-2H3/b9-7-. The fourth-order valence-electron chi connectivity index (χ4n) is 0.858. The summed E-state index contributed by atoms with van der Waals surface area (Å²) >= 11 is 0. The summed E-state index contributed by atoms with van der Waals surface area (Å²) in [6, 6.07) is 3.46. The minimum absolute atomic E-state index is 0.683. The highest BCUT2D eigenvalue weighted by Gasteiger charge is 2.00. The van der Waals surface area contributed by atoms with Crippen LogP contribution in [0.1, 0.15) is 12.5 Å². The van der Waals surface area contributed by atoms with Crippen molar-refractivity contribution in [2.45, 2.75) is 6.92 Å². The quantitative estimate of drug-likeness (QED) is 0.281. The van der Waals surface area contributed by atoms with Gasteiger partial charge >= 0.3 is 0 Å². The third kappa shape index (κ3) is 1.95. The Morgan fingerprint density at radius 1 is 1.67 bits per heavy atom. The monoisotopic (exact) mass is 166 g/mol. The van der Waals surface area contributed by atoms with Crippen LogP contribution in [-0.2, 0) is 4.84 Å². The molecular weight excluding hydrogens is 156 g/mol. The Bertz CT molecular complexity index is 297. The van der Waals surface area contributed by atoms with Crippen LogP contribution in [0, 0.1) is 5.21 Å². The molecule has 1 heterocycles. The van der Waals surface area contributed by atoms with Crippen molar-refractivity contribution in [2.75, 3.05) is 7.11 Å². The van der Waals surface area contributed by atoms with E-state index in [1.54, 1.807) is 19.1 Å². The van der Waals surface area contributed by atoms with Crippen molar-refractivity contribution in [3.63, 3.8) is 0 Å². The Morgan fingerprint density at radius 3 is 3.00 bits per heavy atom. The van der Waals surface area contributed by atoms with Gasteiger partial charge in [-0.15, -0.1) is 0 Å². The lowest BCUT2D eigenvalue weighted by molar-refractivity contribution is -0.605. The summed E-state index contributed by atoms with van der Waals surface area (Å²) in [7, 11) is 1.47. The number of aromatic nitrogens is 1. The summed E-state index contributed by atoms with van der Waals surface area (Å²) in [6.45, 7) is 1.78. The van der Waals surface area contributed by atoms with Crippen LogP contribution in [0.5, 0.6) is 0 Å². The summed E-state index contributed by atoms with van der Waals surface area (Å²) in [5.74, 6) is 0. The number of hydrogen-bond acceptors (Lipinski definition) is 3. The zero-order valence-corrected chi connectivity index (χ0v) is 7.02. The molecule has 4 nitrogen and oxygen atoms in total. The SMILES string of the molecule is CO/N=C(/C)c1ccc[n+]([O-])c1. The Morgan fingerprint density at radius 2 is 2.42 bits per heavy atom. The molecule has 0 amide bonds. The molecule has 1 aromatic heterocycles. The Hall–Kier alpha value is -1.58. The number of nitrogens with zero attached hydrogens (tertiary/aromatic N) is 2. The van der Waals surface area contributed by atoms with Gasteiger partial charge in [-0.3, -0.25) is 0 Å². The molecule has 64 valence electrons.